The van der Waals surface area contributed by atoms with E-state index >= 15 is 0 Å². The summed E-state index contributed by atoms with van der Waals surface area (Å²) in [4.78, 5) is 0. The highest BCUT2D eigenvalue weighted by atomic mass is 16.7. The van der Waals surface area contributed by atoms with E-state index in [1.54, 1.807) is 0 Å². The van der Waals surface area contributed by atoms with Gasteiger partial charge >= 0.3 is 0 Å². The van der Waals surface area contributed by atoms with Crippen molar-refractivity contribution < 1.29 is 29.2 Å². The quantitative estimate of drug-likeness (QED) is 0.313. The predicted octanol–water partition coefficient (Wildman–Crippen LogP) is 7.30. The Labute approximate surface area is 269 Å². The van der Waals surface area contributed by atoms with E-state index in [2.05, 4.69) is 44.2 Å². The molecule has 45 heavy (non-hydrogen) atoms. The van der Waals surface area contributed by atoms with Gasteiger partial charge in [-0.05, 0) is 111 Å². The van der Waals surface area contributed by atoms with Crippen LogP contribution in [0.1, 0.15) is 120 Å². The van der Waals surface area contributed by atoms with Gasteiger partial charge < -0.3 is 29.2 Å². The monoisotopic (exact) mass is 618 g/mol. The Morgan fingerprint density at radius 3 is 2.49 bits per heavy atom. The van der Waals surface area contributed by atoms with Gasteiger partial charge in [0.05, 0.1) is 31.0 Å². The molecule has 2 heterocycles. The Balaban J connectivity index is 1.13. The number of ether oxygens (including phenoxy) is 4. The first kappa shape index (κ1) is 30.8. The Hall–Kier alpha value is -1.54. The predicted molar refractivity (Wildman–Crippen MR) is 173 cm³/mol. The number of fused-ring (bicyclic) bond motifs is 4. The molecule has 246 valence electrons. The van der Waals surface area contributed by atoms with Gasteiger partial charge in [0.2, 0.25) is 0 Å². The maximum atomic E-state index is 12.5. The summed E-state index contributed by atoms with van der Waals surface area (Å²) in [6.07, 6.45) is 16.4. The third-order valence-corrected chi connectivity index (χ3v) is 13.5. The lowest BCUT2D eigenvalue weighted by Crippen LogP contribution is -2.55. The molecule has 8 rings (SSSR count). The Bertz CT molecular complexity index is 1300. The molecule has 0 radical (unpaired) electrons. The maximum Gasteiger partial charge on any atom is 0.171 e. The van der Waals surface area contributed by atoms with Crippen LogP contribution in [0.25, 0.3) is 0 Å². The third-order valence-electron chi connectivity index (χ3n) is 13.5. The van der Waals surface area contributed by atoms with Crippen LogP contribution in [0.5, 0.6) is 0 Å². The fraction of sp³-hybridized carbons (Fsp3) is 0.744. The highest BCUT2D eigenvalue weighted by Gasteiger charge is 2.64. The molecule has 7 aliphatic rings. The van der Waals surface area contributed by atoms with Crippen molar-refractivity contribution in [2.75, 3.05) is 26.4 Å². The summed E-state index contributed by atoms with van der Waals surface area (Å²) in [7, 11) is 0. The molecule has 2 N–H and O–H groups in total. The van der Waals surface area contributed by atoms with Crippen molar-refractivity contribution in [3.8, 4) is 0 Å². The van der Waals surface area contributed by atoms with Crippen LogP contribution in [0.15, 0.2) is 47.6 Å². The minimum absolute atomic E-state index is 0.126. The minimum atomic E-state index is -0.890. The molecule has 1 aromatic rings. The van der Waals surface area contributed by atoms with Crippen LogP contribution in [-0.4, -0.2) is 59.9 Å². The molecule has 0 amide bonds. The summed E-state index contributed by atoms with van der Waals surface area (Å²) in [5, 5.41) is 24.8. The first-order valence-electron chi connectivity index (χ1n) is 18.2. The lowest BCUT2D eigenvalue weighted by atomic mass is 9.49. The van der Waals surface area contributed by atoms with Gasteiger partial charge in [-0.2, -0.15) is 0 Å². The molecular weight excluding hydrogens is 564 g/mol. The number of benzene rings is 1. The summed E-state index contributed by atoms with van der Waals surface area (Å²) in [5.74, 6) is 1.72. The molecule has 5 aliphatic carbocycles. The molecule has 1 spiro atoms. The van der Waals surface area contributed by atoms with E-state index in [1.807, 2.05) is 6.08 Å². The summed E-state index contributed by atoms with van der Waals surface area (Å²) >= 11 is 0. The third kappa shape index (κ3) is 5.31. The fourth-order valence-corrected chi connectivity index (χ4v) is 10.8. The Morgan fingerprint density at radius 1 is 0.956 bits per heavy atom. The first-order valence-corrected chi connectivity index (χ1v) is 18.2. The van der Waals surface area contributed by atoms with Gasteiger partial charge in [0.1, 0.15) is 0 Å². The van der Waals surface area contributed by atoms with Crippen LogP contribution in [0.3, 0.4) is 0 Å². The lowest BCUT2D eigenvalue weighted by Gasteiger charge is -2.57. The summed E-state index contributed by atoms with van der Waals surface area (Å²) in [6.45, 7) is 7.20. The molecule has 0 aromatic heterocycles. The van der Waals surface area contributed by atoms with Crippen molar-refractivity contribution in [3.63, 3.8) is 0 Å². The highest BCUT2D eigenvalue weighted by Crippen LogP contribution is 2.68. The van der Waals surface area contributed by atoms with Crippen molar-refractivity contribution in [3.05, 3.63) is 58.7 Å². The zero-order chi connectivity index (χ0) is 30.9. The number of rotatable bonds is 7. The lowest BCUT2D eigenvalue weighted by molar-refractivity contribution is -0.208. The normalized spacial score (nSPS) is 41.7. The van der Waals surface area contributed by atoms with E-state index in [4.69, 9.17) is 18.9 Å². The average molecular weight is 619 g/mol. The molecule has 2 aliphatic heterocycles. The smallest absolute Gasteiger partial charge is 0.171 e. The van der Waals surface area contributed by atoms with E-state index < -0.39 is 17.0 Å². The average Bonchev–Trinajstić information content (AvgIpc) is 3.75. The van der Waals surface area contributed by atoms with Gasteiger partial charge in [-0.15, -0.1) is 0 Å². The number of hydrogen-bond donors (Lipinski definition) is 2. The van der Waals surface area contributed by atoms with E-state index in [0.29, 0.717) is 44.0 Å². The number of allylic oxidation sites excluding steroid dienone is 1. The molecule has 4 unspecified atom stereocenters. The Morgan fingerprint density at radius 2 is 1.76 bits per heavy atom. The van der Waals surface area contributed by atoms with Crippen molar-refractivity contribution in [2.45, 2.75) is 132 Å². The first-order chi connectivity index (χ1) is 21.7. The van der Waals surface area contributed by atoms with Gasteiger partial charge in [0, 0.05) is 30.8 Å². The largest absolute Gasteiger partial charge is 0.385 e. The second kappa shape index (κ2) is 11.6. The fourth-order valence-electron chi connectivity index (χ4n) is 10.8. The summed E-state index contributed by atoms with van der Waals surface area (Å²) in [5.41, 5.74) is 3.47. The van der Waals surface area contributed by atoms with Crippen molar-refractivity contribution in [1.82, 2.24) is 0 Å². The molecule has 6 heteroatoms. The van der Waals surface area contributed by atoms with Crippen molar-refractivity contribution in [2.24, 2.45) is 23.2 Å². The molecular formula is C39H54O6. The summed E-state index contributed by atoms with van der Waals surface area (Å²) in [6, 6.07) is 9.47. The zero-order valence-electron chi connectivity index (χ0n) is 27.5. The molecule has 8 atom stereocenters. The van der Waals surface area contributed by atoms with E-state index in [0.717, 1.165) is 76.7 Å². The Kier molecular flexibility index (Phi) is 7.90. The van der Waals surface area contributed by atoms with Crippen LogP contribution in [0.4, 0.5) is 0 Å². The second-order valence-corrected chi connectivity index (χ2v) is 16.0. The maximum absolute atomic E-state index is 12.5. The number of hydrogen-bond acceptors (Lipinski definition) is 6. The minimum Gasteiger partial charge on any atom is -0.385 e. The van der Waals surface area contributed by atoms with Gasteiger partial charge in [0.15, 0.2) is 12.1 Å². The van der Waals surface area contributed by atoms with Crippen LogP contribution in [0.2, 0.25) is 0 Å². The van der Waals surface area contributed by atoms with Crippen molar-refractivity contribution >= 4 is 0 Å². The van der Waals surface area contributed by atoms with Crippen LogP contribution in [-0.2, 0) is 18.9 Å². The standard InChI is InChI=1S/C39H54O6/c1-26(27-7-8-27)28-9-11-29(12-10-28)31-24-36(2)32(14-18-38(36,41)16-5-21-43-34-6-3-4-20-42-34)30-13-17-37(40)25-39(44-22-23-45-39)19-15-33(37)35(30)31/h5,9-12,16,26-27,30-32,34,40-41H,3-4,6-8,13-15,17-25H2,1-2H3/b16-5-/t26?,30?,31-,32?,34?,36+,37-,38+/m1/s1. The van der Waals surface area contributed by atoms with Crippen LogP contribution in [0, 0.1) is 23.2 Å². The van der Waals surface area contributed by atoms with Gasteiger partial charge in [-0.1, -0.05) is 55.8 Å². The molecule has 6 fully saturated rings. The topological polar surface area (TPSA) is 77.4 Å². The van der Waals surface area contributed by atoms with Gasteiger partial charge in [0.25, 0.3) is 0 Å². The van der Waals surface area contributed by atoms with E-state index in [1.165, 1.54) is 35.1 Å². The molecule has 6 nitrogen and oxygen atoms in total. The summed E-state index contributed by atoms with van der Waals surface area (Å²) < 4.78 is 24.1. The highest BCUT2D eigenvalue weighted by molar-refractivity contribution is 5.45. The van der Waals surface area contributed by atoms with Gasteiger partial charge in [-0.25, -0.2) is 0 Å². The number of aliphatic hydroxyl groups is 2. The van der Waals surface area contributed by atoms with E-state index in [9.17, 15) is 10.2 Å². The van der Waals surface area contributed by atoms with Crippen molar-refractivity contribution in [1.29, 1.82) is 0 Å². The molecule has 1 aromatic carbocycles. The molecule has 0 bridgehead atoms. The van der Waals surface area contributed by atoms with E-state index in [-0.39, 0.29) is 17.6 Å². The zero-order valence-corrected chi connectivity index (χ0v) is 27.5. The molecule has 4 saturated carbocycles. The second-order valence-electron chi connectivity index (χ2n) is 16.0. The van der Waals surface area contributed by atoms with Crippen LogP contribution >= 0.6 is 0 Å². The van der Waals surface area contributed by atoms with Crippen LogP contribution < -0.4 is 0 Å². The van der Waals surface area contributed by atoms with Gasteiger partial charge in [-0.3, -0.25) is 0 Å². The molecule has 2 saturated heterocycles. The SMILES string of the molecule is CC(c1ccc([C@H]2C[C@@]3(C)C(CC[C@@]3(O)/C=C\COC3CCCCO3)C3CC[C@@]4(O)CC5(CCC4=C32)OCCO5)cc1)C1CC1.